The molecule has 0 saturated carbocycles. The highest BCUT2D eigenvalue weighted by molar-refractivity contribution is 5.76. The Kier molecular flexibility index (Phi) is 30.3. The molecule has 40 heavy (non-hydrogen) atoms. The van der Waals surface area contributed by atoms with Crippen molar-refractivity contribution >= 4 is 5.91 Å². The van der Waals surface area contributed by atoms with Gasteiger partial charge in [0, 0.05) is 6.42 Å². The lowest BCUT2D eigenvalue weighted by atomic mass is 10.0. The molecule has 0 heterocycles. The third-order valence-electron chi connectivity index (χ3n) is 8.12. The van der Waals surface area contributed by atoms with Crippen molar-refractivity contribution in [3.63, 3.8) is 0 Å². The van der Waals surface area contributed by atoms with Gasteiger partial charge in [0.05, 0.1) is 18.8 Å². The maximum absolute atomic E-state index is 12.3. The van der Waals surface area contributed by atoms with Crippen molar-refractivity contribution in [1.82, 2.24) is 5.32 Å². The van der Waals surface area contributed by atoms with Gasteiger partial charge in [0.15, 0.2) is 0 Å². The number of unbranched alkanes of at least 4 members (excludes halogenated alkanes) is 21. The molecule has 0 radical (unpaired) electrons. The number of allylic oxidation sites excluding steroid dienone is 2. The van der Waals surface area contributed by atoms with Crippen molar-refractivity contribution in [2.45, 2.75) is 199 Å². The summed E-state index contributed by atoms with van der Waals surface area (Å²) in [5.74, 6) is -0.155. The zero-order chi connectivity index (χ0) is 29.5. The van der Waals surface area contributed by atoms with E-state index in [4.69, 9.17) is 0 Å². The molecule has 0 rings (SSSR count). The van der Waals surface area contributed by atoms with Gasteiger partial charge in [-0.05, 0) is 38.5 Å². The number of hydrogen-bond donors (Lipinski definition) is 4. The van der Waals surface area contributed by atoms with Crippen LogP contribution >= 0.6 is 0 Å². The van der Waals surface area contributed by atoms with Gasteiger partial charge in [-0.3, -0.25) is 4.79 Å². The van der Waals surface area contributed by atoms with E-state index in [1.165, 1.54) is 116 Å². The van der Waals surface area contributed by atoms with Gasteiger partial charge in [0.25, 0.3) is 0 Å². The summed E-state index contributed by atoms with van der Waals surface area (Å²) < 4.78 is 0. The van der Waals surface area contributed by atoms with E-state index in [1.54, 1.807) is 0 Å². The normalized spacial score (nSPS) is 14.0. The number of carbonyl (C=O) groups is 1. The fourth-order valence-electron chi connectivity index (χ4n) is 5.34. The van der Waals surface area contributed by atoms with E-state index >= 15 is 0 Å². The molecule has 0 fully saturated rings. The Hall–Kier alpha value is -0.910. The van der Waals surface area contributed by atoms with E-state index in [9.17, 15) is 20.1 Å². The van der Waals surface area contributed by atoms with E-state index < -0.39 is 18.2 Å². The van der Waals surface area contributed by atoms with Gasteiger partial charge in [-0.15, -0.1) is 0 Å². The molecule has 0 aromatic rings. The summed E-state index contributed by atoms with van der Waals surface area (Å²) in [6.07, 6.45) is 33.0. The van der Waals surface area contributed by atoms with E-state index in [0.29, 0.717) is 12.8 Å². The monoisotopic (exact) mass is 568 g/mol. The van der Waals surface area contributed by atoms with E-state index in [-0.39, 0.29) is 12.5 Å². The van der Waals surface area contributed by atoms with Crippen LogP contribution in [-0.2, 0) is 4.79 Å². The molecular formula is C35H69NO4. The van der Waals surface area contributed by atoms with E-state index in [0.717, 1.165) is 38.5 Å². The van der Waals surface area contributed by atoms with Gasteiger partial charge in [0.1, 0.15) is 6.10 Å². The highest BCUT2D eigenvalue weighted by Crippen LogP contribution is 2.14. The van der Waals surface area contributed by atoms with Crippen LogP contribution in [0, 0.1) is 0 Å². The van der Waals surface area contributed by atoms with E-state index in [1.807, 2.05) is 0 Å². The summed E-state index contributed by atoms with van der Waals surface area (Å²) in [4.78, 5) is 12.3. The van der Waals surface area contributed by atoms with Gasteiger partial charge >= 0.3 is 0 Å². The van der Waals surface area contributed by atoms with Gasteiger partial charge in [-0.2, -0.15) is 0 Å². The molecule has 0 aromatic heterocycles. The summed E-state index contributed by atoms with van der Waals surface area (Å²) >= 11 is 0. The molecule has 5 heteroatoms. The number of hydrogen-bond acceptors (Lipinski definition) is 4. The van der Waals surface area contributed by atoms with Gasteiger partial charge in [-0.25, -0.2) is 0 Å². The van der Waals surface area contributed by atoms with Crippen molar-refractivity contribution in [2.24, 2.45) is 0 Å². The lowest BCUT2D eigenvalue weighted by Crippen LogP contribution is -2.50. The highest BCUT2D eigenvalue weighted by atomic mass is 16.3. The zero-order valence-electron chi connectivity index (χ0n) is 26.7. The number of amides is 1. The minimum absolute atomic E-state index is 0.155. The first-order valence-corrected chi connectivity index (χ1v) is 17.5. The SMILES string of the molecule is CCCCCCCC/C=C/CCCC(O)C(O)C(CO)NC(=O)CCCCCCCCCCCCCCCCC. The second-order valence-electron chi connectivity index (χ2n) is 12.1. The molecular weight excluding hydrogens is 498 g/mol. The van der Waals surface area contributed by atoms with Crippen LogP contribution in [0.1, 0.15) is 181 Å². The van der Waals surface area contributed by atoms with Crippen LogP contribution in [-0.4, -0.2) is 46.1 Å². The Bertz CT molecular complexity index is 554. The molecule has 0 aliphatic heterocycles. The Balaban J connectivity index is 3.72. The van der Waals surface area contributed by atoms with Crippen molar-refractivity contribution < 1.29 is 20.1 Å². The highest BCUT2D eigenvalue weighted by Gasteiger charge is 2.26. The minimum Gasteiger partial charge on any atom is -0.394 e. The predicted molar refractivity (Wildman–Crippen MR) is 172 cm³/mol. The number of rotatable bonds is 31. The summed E-state index contributed by atoms with van der Waals surface area (Å²) in [6, 6.07) is -0.818. The molecule has 1 amide bonds. The first-order chi connectivity index (χ1) is 19.6. The smallest absolute Gasteiger partial charge is 0.220 e. The van der Waals surface area contributed by atoms with Crippen LogP contribution in [0.3, 0.4) is 0 Å². The van der Waals surface area contributed by atoms with Crippen LogP contribution in [0.15, 0.2) is 12.2 Å². The van der Waals surface area contributed by atoms with Crippen molar-refractivity contribution in [3.05, 3.63) is 12.2 Å². The summed E-state index contributed by atoms with van der Waals surface area (Å²) in [5, 5.41) is 33.2. The maximum Gasteiger partial charge on any atom is 0.220 e. The van der Waals surface area contributed by atoms with Crippen LogP contribution in [0.2, 0.25) is 0 Å². The fourth-order valence-corrected chi connectivity index (χ4v) is 5.34. The predicted octanol–water partition coefficient (Wildman–Crippen LogP) is 8.92. The zero-order valence-corrected chi connectivity index (χ0v) is 26.7. The van der Waals surface area contributed by atoms with Crippen molar-refractivity contribution in [1.29, 1.82) is 0 Å². The number of carbonyl (C=O) groups excluding carboxylic acids is 1. The van der Waals surface area contributed by atoms with Crippen LogP contribution < -0.4 is 5.32 Å². The molecule has 0 aliphatic rings. The lowest BCUT2D eigenvalue weighted by molar-refractivity contribution is -0.124. The summed E-state index contributed by atoms with van der Waals surface area (Å²) in [6.45, 7) is 4.13. The van der Waals surface area contributed by atoms with Gasteiger partial charge in [-0.1, -0.05) is 148 Å². The molecule has 0 aromatic carbocycles. The molecule has 5 nitrogen and oxygen atoms in total. The molecule has 0 aliphatic carbocycles. The molecule has 238 valence electrons. The maximum atomic E-state index is 12.3. The topological polar surface area (TPSA) is 89.8 Å². The quantitative estimate of drug-likeness (QED) is 0.0497. The average molecular weight is 568 g/mol. The second-order valence-corrected chi connectivity index (χ2v) is 12.1. The van der Waals surface area contributed by atoms with E-state index in [2.05, 4.69) is 31.3 Å². The lowest BCUT2D eigenvalue weighted by Gasteiger charge is -2.26. The minimum atomic E-state index is -1.15. The molecule has 4 N–H and O–H groups in total. The number of aliphatic hydroxyl groups excluding tert-OH is 3. The third-order valence-corrected chi connectivity index (χ3v) is 8.12. The van der Waals surface area contributed by atoms with Crippen LogP contribution in [0.5, 0.6) is 0 Å². The number of aliphatic hydroxyl groups is 3. The standard InChI is InChI=1S/C35H69NO4/c1-3-5-7-9-11-13-15-16-17-18-20-22-24-26-28-30-34(39)36-32(31-37)35(40)33(38)29-27-25-23-21-19-14-12-10-8-6-4-2/h21,23,32-33,35,37-38,40H,3-20,22,24-31H2,1-2H3,(H,36,39)/b23-21+. The summed E-state index contributed by atoms with van der Waals surface area (Å²) in [7, 11) is 0. The second kappa shape index (κ2) is 31.0. The Morgan fingerprint density at radius 3 is 1.45 bits per heavy atom. The third kappa shape index (κ3) is 26.0. The number of nitrogens with one attached hydrogen (secondary N) is 1. The van der Waals surface area contributed by atoms with Gasteiger partial charge < -0.3 is 20.6 Å². The largest absolute Gasteiger partial charge is 0.394 e. The fraction of sp³-hybridized carbons (Fsp3) is 0.914. The first-order valence-electron chi connectivity index (χ1n) is 17.5. The molecule has 0 saturated heterocycles. The summed E-state index contributed by atoms with van der Waals surface area (Å²) in [5.41, 5.74) is 0. The average Bonchev–Trinajstić information content (AvgIpc) is 2.96. The van der Waals surface area contributed by atoms with Gasteiger partial charge in [0.2, 0.25) is 5.91 Å². The first kappa shape index (κ1) is 39.1. The molecule has 3 atom stereocenters. The molecule has 0 spiro atoms. The molecule has 3 unspecified atom stereocenters. The Labute approximate surface area is 249 Å². The Morgan fingerprint density at radius 1 is 0.600 bits per heavy atom. The van der Waals surface area contributed by atoms with Crippen LogP contribution in [0.25, 0.3) is 0 Å². The Morgan fingerprint density at radius 2 is 1.00 bits per heavy atom. The van der Waals surface area contributed by atoms with Crippen LogP contribution in [0.4, 0.5) is 0 Å². The van der Waals surface area contributed by atoms with Crippen molar-refractivity contribution in [3.8, 4) is 0 Å². The molecule has 0 bridgehead atoms. The van der Waals surface area contributed by atoms with Crippen molar-refractivity contribution in [2.75, 3.05) is 6.61 Å².